The van der Waals surface area contributed by atoms with Crippen LogP contribution in [0.5, 0.6) is 0 Å². The molecular weight excluding hydrogens is 238 g/mol. The van der Waals surface area contributed by atoms with Gasteiger partial charge in [-0.05, 0) is 19.4 Å². The van der Waals surface area contributed by atoms with Gasteiger partial charge in [0, 0.05) is 11.3 Å². The number of aryl methyl sites for hydroxylation is 2. The Morgan fingerprint density at radius 2 is 2.12 bits per heavy atom. The summed E-state index contributed by atoms with van der Waals surface area (Å²) in [5, 5.41) is 1.15. The van der Waals surface area contributed by atoms with Crippen molar-refractivity contribution < 1.29 is 0 Å². The van der Waals surface area contributed by atoms with Crippen molar-refractivity contribution in [3.05, 3.63) is 51.0 Å². The van der Waals surface area contributed by atoms with Crippen molar-refractivity contribution in [2.24, 2.45) is 0 Å². The molecule has 84 valence electrons. The molecule has 0 spiro atoms. The molecule has 0 aliphatic rings. The summed E-state index contributed by atoms with van der Waals surface area (Å²) in [5.74, 6) is 0.510. The Balaban J connectivity index is 2.20. The number of nitrogens with zero attached hydrogens (tertiary/aromatic N) is 1. The monoisotopic (exact) mass is 251 g/mol. The van der Waals surface area contributed by atoms with Crippen LogP contribution in [0.4, 0.5) is 0 Å². The van der Waals surface area contributed by atoms with Crippen molar-refractivity contribution >= 4 is 22.9 Å². The normalized spacial score (nSPS) is 10.7. The van der Waals surface area contributed by atoms with E-state index >= 15 is 0 Å². The molecule has 0 fully saturated rings. The van der Waals surface area contributed by atoms with Crippen LogP contribution in [0, 0.1) is 13.8 Å². The van der Waals surface area contributed by atoms with Crippen molar-refractivity contribution in [3.63, 3.8) is 0 Å². The van der Waals surface area contributed by atoms with E-state index in [0.717, 1.165) is 17.1 Å². The number of benzene rings is 1. The maximum absolute atomic E-state index is 5.82. The summed E-state index contributed by atoms with van der Waals surface area (Å²) in [7, 11) is 0. The van der Waals surface area contributed by atoms with Gasteiger partial charge < -0.3 is 0 Å². The van der Waals surface area contributed by atoms with Crippen LogP contribution < -0.4 is 0 Å². The molecule has 1 aromatic carbocycles. The molecule has 0 bridgehead atoms. The molecule has 2 aromatic rings. The Labute approximate surface area is 105 Å². The molecule has 0 saturated heterocycles. The van der Waals surface area contributed by atoms with Crippen molar-refractivity contribution in [3.8, 4) is 0 Å². The summed E-state index contributed by atoms with van der Waals surface area (Å²) in [6.45, 7) is 4.19. The number of rotatable bonds is 3. The largest absolute Gasteiger partial charge is 0.244 e. The van der Waals surface area contributed by atoms with Gasteiger partial charge in [-0.1, -0.05) is 29.8 Å². The van der Waals surface area contributed by atoms with Crippen LogP contribution >= 0.6 is 22.9 Å². The molecule has 0 atom stereocenters. The minimum absolute atomic E-state index is 0.510. The van der Waals surface area contributed by atoms with E-state index in [-0.39, 0.29) is 0 Å². The van der Waals surface area contributed by atoms with Gasteiger partial charge in [-0.2, -0.15) is 0 Å². The lowest BCUT2D eigenvalue weighted by atomic mass is 10.1. The number of thiazole rings is 1. The fourth-order valence-corrected chi connectivity index (χ4v) is 3.01. The summed E-state index contributed by atoms with van der Waals surface area (Å²) in [6, 6.07) is 8.55. The van der Waals surface area contributed by atoms with Gasteiger partial charge in [0.2, 0.25) is 0 Å². The Morgan fingerprint density at radius 3 is 2.75 bits per heavy atom. The molecule has 3 heteroatoms. The van der Waals surface area contributed by atoms with Crippen molar-refractivity contribution in [2.75, 3.05) is 0 Å². The standard InChI is InChI=1S/C13H14ClNS/c1-9-4-3-5-11(6-9)7-13-15-12(8-14)10(2)16-13/h3-6H,7-8H2,1-2H3. The molecule has 2 rings (SSSR count). The summed E-state index contributed by atoms with van der Waals surface area (Å²) in [4.78, 5) is 5.77. The number of hydrogen-bond donors (Lipinski definition) is 0. The van der Waals surface area contributed by atoms with Crippen LogP contribution in [0.3, 0.4) is 0 Å². The number of alkyl halides is 1. The molecule has 1 nitrogen and oxygen atoms in total. The second kappa shape index (κ2) is 4.98. The quantitative estimate of drug-likeness (QED) is 0.749. The van der Waals surface area contributed by atoms with E-state index in [9.17, 15) is 0 Å². The smallest absolute Gasteiger partial charge is 0.0975 e. The van der Waals surface area contributed by atoms with E-state index in [4.69, 9.17) is 11.6 Å². The first-order valence-electron chi connectivity index (χ1n) is 5.25. The predicted molar refractivity (Wildman–Crippen MR) is 70.4 cm³/mol. The molecule has 1 aromatic heterocycles. The molecule has 16 heavy (non-hydrogen) atoms. The zero-order chi connectivity index (χ0) is 11.5. The molecular formula is C13H14ClNS. The van der Waals surface area contributed by atoms with Gasteiger partial charge in [0.25, 0.3) is 0 Å². The highest BCUT2D eigenvalue weighted by atomic mass is 35.5. The van der Waals surface area contributed by atoms with E-state index in [1.54, 1.807) is 11.3 Å². The van der Waals surface area contributed by atoms with E-state index < -0.39 is 0 Å². The average Bonchev–Trinajstić information content (AvgIpc) is 2.58. The van der Waals surface area contributed by atoms with Gasteiger partial charge in [0.1, 0.15) is 0 Å². The highest BCUT2D eigenvalue weighted by Gasteiger charge is 2.07. The maximum Gasteiger partial charge on any atom is 0.0975 e. The van der Waals surface area contributed by atoms with Crippen LogP contribution in [0.1, 0.15) is 26.7 Å². The van der Waals surface area contributed by atoms with Crippen LogP contribution in [-0.4, -0.2) is 4.98 Å². The van der Waals surface area contributed by atoms with Gasteiger partial charge in [0.05, 0.1) is 16.6 Å². The Hall–Kier alpha value is -0.860. The maximum atomic E-state index is 5.82. The highest BCUT2D eigenvalue weighted by Crippen LogP contribution is 2.21. The molecule has 0 radical (unpaired) electrons. The summed E-state index contributed by atoms with van der Waals surface area (Å²) >= 11 is 7.56. The van der Waals surface area contributed by atoms with Crippen molar-refractivity contribution in [1.82, 2.24) is 4.98 Å². The molecule has 0 N–H and O–H groups in total. The summed E-state index contributed by atoms with van der Waals surface area (Å²) < 4.78 is 0. The van der Waals surface area contributed by atoms with Gasteiger partial charge in [0.15, 0.2) is 0 Å². The van der Waals surface area contributed by atoms with Crippen LogP contribution in [0.2, 0.25) is 0 Å². The third kappa shape index (κ3) is 2.63. The van der Waals surface area contributed by atoms with Gasteiger partial charge in [-0.15, -0.1) is 22.9 Å². The van der Waals surface area contributed by atoms with Crippen LogP contribution in [0.15, 0.2) is 24.3 Å². The van der Waals surface area contributed by atoms with E-state index in [2.05, 4.69) is 43.1 Å². The first kappa shape index (κ1) is 11.6. The Morgan fingerprint density at radius 1 is 1.31 bits per heavy atom. The molecule has 0 unspecified atom stereocenters. The third-order valence-corrected chi connectivity index (χ3v) is 3.77. The minimum atomic E-state index is 0.510. The van der Waals surface area contributed by atoms with E-state index in [0.29, 0.717) is 5.88 Å². The molecule has 0 aliphatic heterocycles. The third-order valence-electron chi connectivity index (χ3n) is 2.50. The predicted octanol–water partition coefficient (Wildman–Crippen LogP) is 4.09. The first-order chi connectivity index (χ1) is 7.69. The van der Waals surface area contributed by atoms with Gasteiger partial charge >= 0.3 is 0 Å². The average molecular weight is 252 g/mol. The number of halogens is 1. The van der Waals surface area contributed by atoms with Gasteiger partial charge in [-0.25, -0.2) is 4.98 Å². The molecule has 0 amide bonds. The number of hydrogen-bond acceptors (Lipinski definition) is 2. The fourth-order valence-electron chi connectivity index (χ4n) is 1.68. The fraction of sp³-hybridized carbons (Fsp3) is 0.308. The summed E-state index contributed by atoms with van der Waals surface area (Å²) in [5.41, 5.74) is 3.63. The topological polar surface area (TPSA) is 12.9 Å². The van der Waals surface area contributed by atoms with Crippen LogP contribution in [0.25, 0.3) is 0 Å². The molecule has 0 saturated carbocycles. The summed E-state index contributed by atoms with van der Waals surface area (Å²) in [6.07, 6.45) is 0.907. The SMILES string of the molecule is Cc1cccc(Cc2nc(CCl)c(C)s2)c1. The second-order valence-corrected chi connectivity index (χ2v) is 5.46. The lowest BCUT2D eigenvalue weighted by Crippen LogP contribution is -1.88. The Kier molecular flexibility index (Phi) is 3.62. The zero-order valence-corrected chi connectivity index (χ0v) is 11.0. The lowest BCUT2D eigenvalue weighted by Gasteiger charge is -1.99. The Bertz CT molecular complexity index is 490. The molecule has 0 aliphatic carbocycles. The second-order valence-electron chi connectivity index (χ2n) is 3.91. The zero-order valence-electron chi connectivity index (χ0n) is 9.46. The van der Waals surface area contributed by atoms with Gasteiger partial charge in [-0.3, -0.25) is 0 Å². The first-order valence-corrected chi connectivity index (χ1v) is 6.61. The van der Waals surface area contributed by atoms with Crippen molar-refractivity contribution in [2.45, 2.75) is 26.1 Å². The molecule has 1 heterocycles. The van der Waals surface area contributed by atoms with Crippen molar-refractivity contribution in [1.29, 1.82) is 0 Å². The number of aromatic nitrogens is 1. The highest BCUT2D eigenvalue weighted by molar-refractivity contribution is 7.11. The lowest BCUT2D eigenvalue weighted by molar-refractivity contribution is 1.08. The van der Waals surface area contributed by atoms with E-state index in [1.807, 2.05) is 0 Å². The van der Waals surface area contributed by atoms with E-state index in [1.165, 1.54) is 16.0 Å². The van der Waals surface area contributed by atoms with Crippen LogP contribution in [-0.2, 0) is 12.3 Å². The minimum Gasteiger partial charge on any atom is -0.244 e.